The molecule has 25 heavy (non-hydrogen) atoms. The van der Waals surface area contributed by atoms with Crippen molar-refractivity contribution < 1.29 is 9.59 Å². The molecule has 1 aromatic carbocycles. The topological polar surface area (TPSA) is 49.4 Å². The Hall–Kier alpha value is -1.84. The summed E-state index contributed by atoms with van der Waals surface area (Å²) in [4.78, 5) is 28.4. The highest BCUT2D eigenvalue weighted by Gasteiger charge is 2.51. The standard InChI is InChI=1S/C21H30N2O2/c1-3-21(4-2)20(25)22-18(17-13-9-6-10-14-17)19(24)23(21)15-16-11-7-5-8-12-16/h5,7-8,11-12,17-18H,3-4,6,9-10,13-15H2,1-2H3,(H,22,25). The summed E-state index contributed by atoms with van der Waals surface area (Å²) in [5, 5.41) is 3.11. The minimum absolute atomic E-state index is 0.0311. The van der Waals surface area contributed by atoms with Crippen molar-refractivity contribution in [2.24, 2.45) is 5.92 Å². The fraction of sp³-hybridized carbons (Fsp3) is 0.619. The van der Waals surface area contributed by atoms with E-state index >= 15 is 0 Å². The second kappa shape index (κ2) is 7.59. The summed E-state index contributed by atoms with van der Waals surface area (Å²) >= 11 is 0. The summed E-state index contributed by atoms with van der Waals surface area (Å²) in [5.41, 5.74) is 0.358. The van der Waals surface area contributed by atoms with E-state index in [4.69, 9.17) is 0 Å². The van der Waals surface area contributed by atoms with Gasteiger partial charge in [-0.3, -0.25) is 9.59 Å². The molecule has 2 fully saturated rings. The minimum atomic E-state index is -0.724. The Morgan fingerprint density at radius 3 is 2.28 bits per heavy atom. The largest absolute Gasteiger partial charge is 0.342 e. The van der Waals surface area contributed by atoms with Crippen molar-refractivity contribution in [1.82, 2.24) is 10.2 Å². The van der Waals surface area contributed by atoms with Crippen molar-refractivity contribution in [1.29, 1.82) is 0 Å². The fourth-order valence-electron chi connectivity index (χ4n) is 4.57. The van der Waals surface area contributed by atoms with Gasteiger partial charge in [0.15, 0.2) is 0 Å². The van der Waals surface area contributed by atoms with Gasteiger partial charge in [0, 0.05) is 6.54 Å². The van der Waals surface area contributed by atoms with Gasteiger partial charge in [-0.05, 0) is 37.2 Å². The van der Waals surface area contributed by atoms with E-state index in [0.29, 0.717) is 19.4 Å². The molecule has 1 saturated carbocycles. The fourth-order valence-corrected chi connectivity index (χ4v) is 4.57. The van der Waals surface area contributed by atoms with Gasteiger partial charge in [-0.15, -0.1) is 0 Å². The zero-order chi connectivity index (χ0) is 17.9. The van der Waals surface area contributed by atoms with Gasteiger partial charge < -0.3 is 10.2 Å². The van der Waals surface area contributed by atoms with Gasteiger partial charge in [0.25, 0.3) is 0 Å². The Morgan fingerprint density at radius 2 is 1.68 bits per heavy atom. The summed E-state index contributed by atoms with van der Waals surface area (Å²) in [6, 6.07) is 9.68. The number of hydrogen-bond donors (Lipinski definition) is 1. The average Bonchev–Trinajstić information content (AvgIpc) is 2.67. The molecule has 1 heterocycles. The van der Waals surface area contributed by atoms with Crippen LogP contribution in [-0.2, 0) is 16.1 Å². The number of amides is 2. The molecule has 0 radical (unpaired) electrons. The van der Waals surface area contributed by atoms with Crippen molar-refractivity contribution in [3.63, 3.8) is 0 Å². The molecule has 0 aromatic heterocycles. The van der Waals surface area contributed by atoms with Gasteiger partial charge in [0.2, 0.25) is 11.8 Å². The van der Waals surface area contributed by atoms with Crippen molar-refractivity contribution >= 4 is 11.8 Å². The second-order valence-corrected chi connectivity index (χ2v) is 7.50. The molecule has 2 aliphatic rings. The molecule has 1 aliphatic heterocycles. The maximum Gasteiger partial charge on any atom is 0.246 e. The van der Waals surface area contributed by atoms with E-state index in [1.807, 2.05) is 49.1 Å². The molecule has 1 atom stereocenters. The van der Waals surface area contributed by atoms with Gasteiger partial charge in [-0.25, -0.2) is 0 Å². The molecular weight excluding hydrogens is 312 g/mol. The summed E-state index contributed by atoms with van der Waals surface area (Å²) < 4.78 is 0. The zero-order valence-corrected chi connectivity index (χ0v) is 15.5. The van der Waals surface area contributed by atoms with Crippen LogP contribution in [0.4, 0.5) is 0 Å². The van der Waals surface area contributed by atoms with Crippen LogP contribution in [-0.4, -0.2) is 28.3 Å². The molecule has 136 valence electrons. The SMILES string of the molecule is CCC1(CC)C(=O)NC(C2CCCCC2)C(=O)N1Cc1ccccc1. The number of carbonyl (C=O) groups excluding carboxylic acids is 2. The van der Waals surface area contributed by atoms with Crippen molar-refractivity contribution in [2.75, 3.05) is 0 Å². The second-order valence-electron chi connectivity index (χ2n) is 7.50. The van der Waals surface area contributed by atoms with Gasteiger partial charge >= 0.3 is 0 Å². The zero-order valence-electron chi connectivity index (χ0n) is 15.5. The Kier molecular flexibility index (Phi) is 5.45. The number of carbonyl (C=O) groups is 2. The van der Waals surface area contributed by atoms with Crippen LogP contribution in [0.15, 0.2) is 30.3 Å². The molecule has 1 aromatic rings. The highest BCUT2D eigenvalue weighted by Crippen LogP contribution is 2.35. The van der Waals surface area contributed by atoms with E-state index < -0.39 is 5.54 Å². The van der Waals surface area contributed by atoms with Crippen molar-refractivity contribution in [3.8, 4) is 0 Å². The first-order chi connectivity index (χ1) is 12.1. The summed E-state index contributed by atoms with van der Waals surface area (Å²) in [5.74, 6) is 0.429. The summed E-state index contributed by atoms with van der Waals surface area (Å²) in [6.07, 6.45) is 6.94. The van der Waals surface area contributed by atoms with E-state index in [-0.39, 0.29) is 23.8 Å². The quantitative estimate of drug-likeness (QED) is 0.888. The molecule has 0 spiro atoms. The summed E-state index contributed by atoms with van der Waals surface area (Å²) in [7, 11) is 0. The Labute approximate surface area is 151 Å². The Balaban J connectivity index is 1.91. The number of rotatable bonds is 5. The normalized spacial score (nSPS) is 24.2. The van der Waals surface area contributed by atoms with E-state index in [2.05, 4.69) is 5.32 Å². The highest BCUT2D eigenvalue weighted by atomic mass is 16.2. The van der Waals surface area contributed by atoms with E-state index in [1.54, 1.807) is 0 Å². The van der Waals surface area contributed by atoms with Crippen molar-refractivity contribution in [3.05, 3.63) is 35.9 Å². The summed E-state index contributed by atoms with van der Waals surface area (Å²) in [6.45, 7) is 4.53. The van der Waals surface area contributed by atoms with E-state index in [1.165, 1.54) is 6.42 Å². The molecule has 2 amide bonds. The van der Waals surface area contributed by atoms with Crippen LogP contribution < -0.4 is 5.32 Å². The van der Waals surface area contributed by atoms with Crippen LogP contribution in [0, 0.1) is 5.92 Å². The van der Waals surface area contributed by atoms with E-state index in [0.717, 1.165) is 31.2 Å². The molecule has 4 nitrogen and oxygen atoms in total. The smallest absolute Gasteiger partial charge is 0.246 e. The van der Waals surface area contributed by atoms with Crippen LogP contribution in [0.5, 0.6) is 0 Å². The molecule has 3 rings (SSSR count). The number of nitrogens with zero attached hydrogens (tertiary/aromatic N) is 1. The first-order valence-corrected chi connectivity index (χ1v) is 9.78. The van der Waals surface area contributed by atoms with Crippen LogP contribution in [0.25, 0.3) is 0 Å². The predicted octanol–water partition coefficient (Wildman–Crippen LogP) is 3.65. The lowest BCUT2D eigenvalue weighted by Gasteiger charge is -2.49. The van der Waals surface area contributed by atoms with Gasteiger partial charge in [0.1, 0.15) is 11.6 Å². The lowest BCUT2D eigenvalue weighted by atomic mass is 9.78. The molecule has 0 bridgehead atoms. The molecule has 1 saturated heterocycles. The van der Waals surface area contributed by atoms with Crippen LogP contribution in [0.1, 0.15) is 64.4 Å². The minimum Gasteiger partial charge on any atom is -0.342 e. The van der Waals surface area contributed by atoms with Crippen LogP contribution in [0.2, 0.25) is 0 Å². The molecule has 4 heteroatoms. The third-order valence-corrected chi connectivity index (χ3v) is 6.23. The third kappa shape index (κ3) is 3.31. The van der Waals surface area contributed by atoms with Crippen LogP contribution >= 0.6 is 0 Å². The molecule has 1 aliphatic carbocycles. The van der Waals surface area contributed by atoms with E-state index in [9.17, 15) is 9.59 Å². The number of hydrogen-bond acceptors (Lipinski definition) is 2. The Bertz CT molecular complexity index is 604. The maximum absolute atomic E-state index is 13.4. The number of benzene rings is 1. The first-order valence-electron chi connectivity index (χ1n) is 9.78. The monoisotopic (exact) mass is 342 g/mol. The first kappa shape index (κ1) is 18.0. The van der Waals surface area contributed by atoms with Crippen molar-refractivity contribution in [2.45, 2.75) is 76.9 Å². The molecular formula is C21H30N2O2. The predicted molar refractivity (Wildman–Crippen MR) is 98.8 cm³/mol. The van der Waals surface area contributed by atoms with Crippen LogP contribution in [0.3, 0.4) is 0 Å². The van der Waals surface area contributed by atoms with Gasteiger partial charge in [0.05, 0.1) is 0 Å². The van der Waals surface area contributed by atoms with Gasteiger partial charge in [-0.2, -0.15) is 0 Å². The lowest BCUT2D eigenvalue weighted by Crippen LogP contribution is -2.71. The third-order valence-electron chi connectivity index (χ3n) is 6.23. The number of piperazine rings is 1. The average molecular weight is 342 g/mol. The highest BCUT2D eigenvalue weighted by molar-refractivity contribution is 6.00. The maximum atomic E-state index is 13.4. The number of nitrogens with one attached hydrogen (secondary N) is 1. The molecule has 1 unspecified atom stereocenters. The van der Waals surface area contributed by atoms with Gasteiger partial charge in [-0.1, -0.05) is 63.4 Å². The molecule has 1 N–H and O–H groups in total. The lowest BCUT2D eigenvalue weighted by molar-refractivity contribution is -0.161. The Morgan fingerprint density at radius 1 is 1.04 bits per heavy atom.